The molecule has 0 bridgehead atoms. The molecular formula is C14H17N3O5S. The monoisotopic (exact) mass is 339 g/mol. The minimum Gasteiger partial charge on any atom is -0.475 e. The Morgan fingerprint density at radius 3 is 2.61 bits per heavy atom. The van der Waals surface area contributed by atoms with E-state index in [4.69, 9.17) is 14.9 Å². The predicted molar refractivity (Wildman–Crippen MR) is 78.1 cm³/mol. The van der Waals surface area contributed by atoms with Gasteiger partial charge in [0.1, 0.15) is 0 Å². The van der Waals surface area contributed by atoms with E-state index in [2.05, 4.69) is 11.2 Å². The Morgan fingerprint density at radius 1 is 1.48 bits per heavy atom. The first-order chi connectivity index (χ1) is 10.9. The number of nitrogens with zero attached hydrogens (tertiary/aromatic N) is 3. The van der Waals surface area contributed by atoms with Gasteiger partial charge in [0, 0.05) is 25.1 Å². The lowest BCUT2D eigenvalue weighted by molar-refractivity contribution is 0.0651. The van der Waals surface area contributed by atoms with Gasteiger partial charge in [0.25, 0.3) is 0 Å². The van der Waals surface area contributed by atoms with Crippen LogP contribution in [0.4, 0.5) is 0 Å². The average molecular weight is 339 g/mol. The van der Waals surface area contributed by atoms with Gasteiger partial charge in [-0.3, -0.25) is 0 Å². The standard InChI is InChI=1S/C14H17N3O5S/c15-8-14(3-4-14)9-23(20,21)17-5-1-10(2-6-17)11-7-12(13(18)19)22-16-11/h7,10H,1-6,9H2,(H,18,19). The lowest BCUT2D eigenvalue weighted by atomic mass is 9.94. The third kappa shape index (κ3) is 3.23. The lowest BCUT2D eigenvalue weighted by Crippen LogP contribution is -2.40. The van der Waals surface area contributed by atoms with Gasteiger partial charge in [-0.25, -0.2) is 17.5 Å². The normalized spacial score (nSPS) is 21.7. The van der Waals surface area contributed by atoms with Crippen LogP contribution in [0.3, 0.4) is 0 Å². The fourth-order valence-electron chi connectivity index (χ4n) is 2.89. The van der Waals surface area contributed by atoms with Gasteiger partial charge >= 0.3 is 5.97 Å². The molecule has 23 heavy (non-hydrogen) atoms. The third-order valence-electron chi connectivity index (χ3n) is 4.55. The molecule has 3 rings (SSSR count). The fourth-order valence-corrected chi connectivity index (χ4v) is 4.89. The highest BCUT2D eigenvalue weighted by molar-refractivity contribution is 7.89. The maximum atomic E-state index is 12.4. The summed E-state index contributed by atoms with van der Waals surface area (Å²) in [7, 11) is -3.43. The van der Waals surface area contributed by atoms with Crippen molar-refractivity contribution in [2.45, 2.75) is 31.6 Å². The van der Waals surface area contributed by atoms with Gasteiger partial charge in [0.15, 0.2) is 0 Å². The summed E-state index contributed by atoms with van der Waals surface area (Å²) in [6.07, 6.45) is 2.42. The molecule has 1 aromatic rings. The number of piperidine rings is 1. The van der Waals surface area contributed by atoms with Gasteiger partial charge in [-0.1, -0.05) is 5.16 Å². The number of aromatic nitrogens is 1. The Labute approximate surface area is 133 Å². The van der Waals surface area contributed by atoms with Crippen molar-refractivity contribution in [1.29, 1.82) is 5.26 Å². The van der Waals surface area contributed by atoms with E-state index in [1.165, 1.54) is 10.4 Å². The van der Waals surface area contributed by atoms with E-state index in [1.54, 1.807) is 0 Å². The SMILES string of the molecule is N#CC1(CS(=O)(=O)N2CCC(c3cc(C(=O)O)on3)CC2)CC1. The van der Waals surface area contributed by atoms with Crippen LogP contribution in [0.5, 0.6) is 0 Å². The van der Waals surface area contributed by atoms with Crippen LogP contribution in [0.25, 0.3) is 0 Å². The molecule has 0 radical (unpaired) electrons. The molecule has 124 valence electrons. The number of aromatic carboxylic acids is 1. The molecule has 1 N–H and O–H groups in total. The van der Waals surface area contributed by atoms with Crippen LogP contribution in [-0.4, -0.2) is 47.8 Å². The first-order valence-electron chi connectivity index (χ1n) is 7.44. The summed E-state index contributed by atoms with van der Waals surface area (Å²) in [5, 5.41) is 21.7. The number of carbonyl (C=O) groups is 1. The van der Waals surface area contributed by atoms with E-state index < -0.39 is 21.4 Å². The van der Waals surface area contributed by atoms with Gasteiger partial charge in [0.2, 0.25) is 15.8 Å². The minimum absolute atomic E-state index is 0.0100. The maximum absolute atomic E-state index is 12.4. The van der Waals surface area contributed by atoms with E-state index in [1.807, 2.05) is 0 Å². The summed E-state index contributed by atoms with van der Waals surface area (Å²) in [6, 6.07) is 3.51. The summed E-state index contributed by atoms with van der Waals surface area (Å²) >= 11 is 0. The Balaban J connectivity index is 1.61. The highest BCUT2D eigenvalue weighted by atomic mass is 32.2. The van der Waals surface area contributed by atoms with Crippen LogP contribution in [0.1, 0.15) is 47.8 Å². The smallest absolute Gasteiger partial charge is 0.374 e. The molecule has 1 aliphatic heterocycles. The molecule has 1 aliphatic carbocycles. The van der Waals surface area contributed by atoms with Gasteiger partial charge < -0.3 is 9.63 Å². The zero-order valence-corrected chi connectivity index (χ0v) is 13.3. The lowest BCUT2D eigenvalue weighted by Gasteiger charge is -2.30. The Hall–Kier alpha value is -1.92. The van der Waals surface area contributed by atoms with Gasteiger partial charge in [-0.15, -0.1) is 0 Å². The molecule has 0 atom stereocenters. The van der Waals surface area contributed by atoms with Crippen LogP contribution in [0, 0.1) is 16.7 Å². The molecule has 8 nitrogen and oxygen atoms in total. The number of rotatable bonds is 5. The Morgan fingerprint density at radius 2 is 2.13 bits per heavy atom. The van der Waals surface area contributed by atoms with E-state index in [9.17, 15) is 13.2 Å². The maximum Gasteiger partial charge on any atom is 0.374 e. The van der Waals surface area contributed by atoms with Crippen molar-refractivity contribution in [3.05, 3.63) is 17.5 Å². The minimum atomic E-state index is -3.43. The molecule has 2 fully saturated rings. The molecule has 0 amide bonds. The molecule has 1 aromatic heterocycles. The van der Waals surface area contributed by atoms with E-state index in [-0.39, 0.29) is 17.4 Å². The van der Waals surface area contributed by atoms with Crippen molar-refractivity contribution >= 4 is 16.0 Å². The summed E-state index contributed by atoms with van der Waals surface area (Å²) in [6.45, 7) is 0.702. The number of nitriles is 1. The molecule has 0 spiro atoms. The van der Waals surface area contributed by atoms with Gasteiger partial charge in [-0.05, 0) is 25.7 Å². The first kappa shape index (κ1) is 16.0. The van der Waals surface area contributed by atoms with Crippen molar-refractivity contribution in [3.8, 4) is 6.07 Å². The average Bonchev–Trinajstić information content (AvgIpc) is 3.10. The van der Waals surface area contributed by atoms with Crippen LogP contribution in [0.15, 0.2) is 10.6 Å². The van der Waals surface area contributed by atoms with Gasteiger partial charge in [0.05, 0.1) is 22.9 Å². The number of hydrogen-bond donors (Lipinski definition) is 1. The second-order valence-corrected chi connectivity index (χ2v) is 8.21. The zero-order valence-electron chi connectivity index (χ0n) is 12.4. The second kappa shape index (κ2) is 5.62. The molecule has 0 unspecified atom stereocenters. The van der Waals surface area contributed by atoms with Crippen molar-refractivity contribution in [2.75, 3.05) is 18.8 Å². The highest BCUT2D eigenvalue weighted by Crippen LogP contribution is 2.46. The summed E-state index contributed by atoms with van der Waals surface area (Å²) in [5.41, 5.74) is -0.131. The molecule has 1 saturated heterocycles. The molecule has 1 saturated carbocycles. The second-order valence-electron chi connectivity index (χ2n) is 6.24. The number of hydrogen-bond acceptors (Lipinski definition) is 6. The van der Waals surface area contributed by atoms with Crippen LogP contribution < -0.4 is 0 Å². The topological polar surface area (TPSA) is 125 Å². The van der Waals surface area contributed by atoms with E-state index in [0.29, 0.717) is 44.5 Å². The summed E-state index contributed by atoms with van der Waals surface area (Å²) in [4.78, 5) is 10.8. The Kier molecular flexibility index (Phi) is 3.90. The van der Waals surface area contributed by atoms with Crippen molar-refractivity contribution < 1.29 is 22.8 Å². The molecule has 0 aromatic carbocycles. The van der Waals surface area contributed by atoms with Crippen LogP contribution in [-0.2, 0) is 10.0 Å². The fraction of sp³-hybridized carbons (Fsp3) is 0.643. The molecule has 2 aliphatic rings. The van der Waals surface area contributed by atoms with Crippen molar-refractivity contribution in [1.82, 2.24) is 9.46 Å². The van der Waals surface area contributed by atoms with Crippen molar-refractivity contribution in [2.24, 2.45) is 5.41 Å². The number of carboxylic acids is 1. The summed E-state index contributed by atoms with van der Waals surface area (Å²) < 4.78 is 31.0. The van der Waals surface area contributed by atoms with E-state index in [0.717, 1.165) is 0 Å². The Bertz CT molecular complexity index is 752. The number of carboxylic acid groups (broad SMARTS) is 1. The molecule has 2 heterocycles. The number of sulfonamides is 1. The van der Waals surface area contributed by atoms with Crippen molar-refractivity contribution in [3.63, 3.8) is 0 Å². The highest BCUT2D eigenvalue weighted by Gasteiger charge is 2.48. The quantitative estimate of drug-likeness (QED) is 0.854. The largest absolute Gasteiger partial charge is 0.475 e. The third-order valence-corrected chi connectivity index (χ3v) is 6.62. The zero-order chi connectivity index (χ0) is 16.7. The van der Waals surface area contributed by atoms with Crippen LogP contribution >= 0.6 is 0 Å². The van der Waals surface area contributed by atoms with Gasteiger partial charge in [-0.2, -0.15) is 5.26 Å². The van der Waals surface area contributed by atoms with Crippen LogP contribution in [0.2, 0.25) is 0 Å². The molecular weight excluding hydrogens is 322 g/mol. The summed E-state index contributed by atoms with van der Waals surface area (Å²) in [5.74, 6) is -1.49. The molecule has 9 heteroatoms. The predicted octanol–water partition coefficient (Wildman–Crippen LogP) is 1.19. The van der Waals surface area contributed by atoms with E-state index >= 15 is 0 Å². The first-order valence-corrected chi connectivity index (χ1v) is 9.05.